The Balaban J connectivity index is 1.76. The summed E-state index contributed by atoms with van der Waals surface area (Å²) in [6.07, 6.45) is 0.186. The highest BCUT2D eigenvalue weighted by molar-refractivity contribution is 6.00. The van der Waals surface area contributed by atoms with Gasteiger partial charge in [0.15, 0.2) is 0 Å². The van der Waals surface area contributed by atoms with Gasteiger partial charge in [-0.25, -0.2) is 4.39 Å². The molecule has 7 heteroatoms. The van der Waals surface area contributed by atoms with Crippen LogP contribution in [0.15, 0.2) is 18.2 Å². The Morgan fingerprint density at radius 3 is 2.70 bits per heavy atom. The van der Waals surface area contributed by atoms with Gasteiger partial charge in [-0.2, -0.15) is 0 Å². The van der Waals surface area contributed by atoms with Crippen LogP contribution in [0.3, 0.4) is 0 Å². The number of benzene rings is 1. The molecule has 1 aromatic carbocycles. The minimum Gasteiger partial charge on any atom is -0.391 e. The number of aromatic amines is 1. The number of aromatic nitrogens is 1. The van der Waals surface area contributed by atoms with E-state index in [1.165, 1.54) is 12.1 Å². The lowest BCUT2D eigenvalue weighted by Gasteiger charge is -2.22. The zero-order chi connectivity index (χ0) is 19.7. The maximum atomic E-state index is 13.5. The van der Waals surface area contributed by atoms with Gasteiger partial charge in [0.1, 0.15) is 11.5 Å². The summed E-state index contributed by atoms with van der Waals surface area (Å²) in [5.41, 5.74) is 1.87. The first kappa shape index (κ1) is 19.4. The molecule has 3 rings (SSSR count). The number of amides is 2. The molecule has 146 valence electrons. The number of carbonyl (C=O) groups is 2. The SMILES string of the molecule is Cc1c(C(=O)N2CC[C@H](NC(=O)C(C)C)[C@@H](O)CC2)[nH]c2ccc(F)cc12. The van der Waals surface area contributed by atoms with Crippen molar-refractivity contribution in [2.45, 2.75) is 45.8 Å². The van der Waals surface area contributed by atoms with E-state index in [4.69, 9.17) is 0 Å². The van der Waals surface area contributed by atoms with Gasteiger partial charge in [-0.1, -0.05) is 13.8 Å². The standard InChI is InChI=1S/C20H26FN3O3/c1-11(2)19(26)23-16-6-8-24(9-7-17(16)25)20(27)18-12(3)14-10-13(21)4-5-15(14)22-18/h4-5,10-11,16-17,22,25H,6-9H2,1-3H3,(H,23,26)/t16-,17-/m0/s1. The van der Waals surface area contributed by atoms with Crippen LogP contribution in [0.25, 0.3) is 10.9 Å². The summed E-state index contributed by atoms with van der Waals surface area (Å²) in [6.45, 7) is 6.23. The molecule has 0 saturated carbocycles. The lowest BCUT2D eigenvalue weighted by molar-refractivity contribution is -0.125. The van der Waals surface area contributed by atoms with Crippen LogP contribution in [-0.2, 0) is 4.79 Å². The fourth-order valence-corrected chi connectivity index (χ4v) is 3.48. The summed E-state index contributed by atoms with van der Waals surface area (Å²) in [6, 6.07) is 4.03. The third-order valence-corrected chi connectivity index (χ3v) is 5.24. The van der Waals surface area contributed by atoms with Crippen molar-refractivity contribution in [3.63, 3.8) is 0 Å². The second-order valence-corrected chi connectivity index (χ2v) is 7.52. The number of nitrogens with one attached hydrogen (secondary N) is 2. The van der Waals surface area contributed by atoms with Crippen LogP contribution in [-0.4, -0.2) is 52.0 Å². The van der Waals surface area contributed by atoms with E-state index in [1.54, 1.807) is 31.7 Å². The van der Waals surface area contributed by atoms with Crippen molar-refractivity contribution in [1.82, 2.24) is 15.2 Å². The van der Waals surface area contributed by atoms with Crippen LogP contribution in [0.4, 0.5) is 4.39 Å². The van der Waals surface area contributed by atoms with Crippen LogP contribution >= 0.6 is 0 Å². The van der Waals surface area contributed by atoms with Crippen LogP contribution in [0.1, 0.15) is 42.7 Å². The van der Waals surface area contributed by atoms with Crippen LogP contribution in [0.5, 0.6) is 0 Å². The zero-order valence-electron chi connectivity index (χ0n) is 15.9. The fraction of sp³-hybridized carbons (Fsp3) is 0.500. The van der Waals surface area contributed by atoms with Gasteiger partial charge in [0.05, 0.1) is 12.1 Å². The Morgan fingerprint density at radius 2 is 2.00 bits per heavy atom. The number of rotatable bonds is 3. The van der Waals surface area contributed by atoms with E-state index < -0.39 is 6.10 Å². The molecule has 2 atom stereocenters. The molecule has 1 saturated heterocycles. The van der Waals surface area contributed by atoms with Gasteiger partial charge in [-0.15, -0.1) is 0 Å². The predicted molar refractivity (Wildman–Crippen MR) is 101 cm³/mol. The summed E-state index contributed by atoms with van der Waals surface area (Å²) < 4.78 is 13.5. The van der Waals surface area contributed by atoms with E-state index >= 15 is 0 Å². The largest absolute Gasteiger partial charge is 0.391 e. The summed E-state index contributed by atoms with van der Waals surface area (Å²) >= 11 is 0. The minimum absolute atomic E-state index is 0.104. The van der Waals surface area contributed by atoms with Gasteiger partial charge >= 0.3 is 0 Å². The topological polar surface area (TPSA) is 85.4 Å². The van der Waals surface area contributed by atoms with Gasteiger partial charge < -0.3 is 20.3 Å². The van der Waals surface area contributed by atoms with Crippen LogP contribution in [0, 0.1) is 18.7 Å². The normalized spacial score (nSPS) is 20.7. The second kappa shape index (κ2) is 7.68. The molecule has 2 heterocycles. The highest BCUT2D eigenvalue weighted by atomic mass is 19.1. The van der Waals surface area contributed by atoms with Gasteiger partial charge in [-0.05, 0) is 43.5 Å². The molecule has 6 nitrogen and oxygen atoms in total. The lowest BCUT2D eigenvalue weighted by Crippen LogP contribution is -2.44. The molecule has 0 aliphatic carbocycles. The molecule has 1 aliphatic rings. The van der Waals surface area contributed by atoms with Crippen molar-refractivity contribution in [1.29, 1.82) is 0 Å². The van der Waals surface area contributed by atoms with Gasteiger partial charge in [0.2, 0.25) is 5.91 Å². The van der Waals surface area contributed by atoms with Crippen LogP contribution < -0.4 is 5.32 Å². The molecule has 27 heavy (non-hydrogen) atoms. The predicted octanol–water partition coefficient (Wildman–Crippen LogP) is 2.35. The van der Waals surface area contributed by atoms with Gasteiger partial charge in [0, 0.05) is 29.9 Å². The van der Waals surface area contributed by atoms with Crippen LogP contribution in [0.2, 0.25) is 0 Å². The highest BCUT2D eigenvalue weighted by Gasteiger charge is 2.30. The molecular weight excluding hydrogens is 349 g/mol. The minimum atomic E-state index is -0.691. The van der Waals surface area contributed by atoms with Crippen molar-refractivity contribution in [3.8, 4) is 0 Å². The molecule has 0 radical (unpaired) electrons. The summed E-state index contributed by atoms with van der Waals surface area (Å²) in [5, 5.41) is 13.9. The molecule has 0 spiro atoms. The first-order chi connectivity index (χ1) is 12.8. The van der Waals surface area contributed by atoms with E-state index in [0.717, 1.165) is 0 Å². The summed E-state index contributed by atoms with van der Waals surface area (Å²) in [5.74, 6) is -0.780. The number of H-pyrrole nitrogens is 1. The van der Waals surface area contributed by atoms with E-state index in [1.807, 2.05) is 0 Å². The number of likely N-dealkylation sites (tertiary alicyclic amines) is 1. The van der Waals surface area contributed by atoms with Crippen molar-refractivity contribution in [3.05, 3.63) is 35.3 Å². The third-order valence-electron chi connectivity index (χ3n) is 5.24. The van der Waals surface area contributed by atoms with Crippen molar-refractivity contribution >= 4 is 22.7 Å². The first-order valence-corrected chi connectivity index (χ1v) is 9.33. The number of nitrogens with zero attached hydrogens (tertiary/aromatic N) is 1. The Morgan fingerprint density at radius 1 is 1.30 bits per heavy atom. The fourth-order valence-electron chi connectivity index (χ4n) is 3.48. The molecular formula is C20H26FN3O3. The quantitative estimate of drug-likeness (QED) is 0.770. The Kier molecular flexibility index (Phi) is 5.51. The second-order valence-electron chi connectivity index (χ2n) is 7.52. The van der Waals surface area contributed by atoms with Crippen molar-refractivity contribution in [2.75, 3.05) is 13.1 Å². The van der Waals surface area contributed by atoms with Crippen molar-refractivity contribution < 1.29 is 19.1 Å². The zero-order valence-corrected chi connectivity index (χ0v) is 15.9. The van der Waals surface area contributed by atoms with E-state index in [2.05, 4.69) is 10.3 Å². The molecule has 2 amide bonds. The number of aryl methyl sites for hydroxylation is 1. The first-order valence-electron chi connectivity index (χ1n) is 9.33. The van der Waals surface area contributed by atoms with E-state index in [-0.39, 0.29) is 29.6 Å². The van der Waals surface area contributed by atoms with Gasteiger partial charge in [0.25, 0.3) is 5.91 Å². The van der Waals surface area contributed by atoms with E-state index in [9.17, 15) is 19.1 Å². The number of aliphatic hydroxyl groups excluding tert-OH is 1. The number of halogens is 1. The lowest BCUT2D eigenvalue weighted by atomic mass is 10.1. The Hall–Kier alpha value is -2.41. The molecule has 2 aromatic rings. The maximum absolute atomic E-state index is 13.5. The van der Waals surface area contributed by atoms with Gasteiger partial charge in [-0.3, -0.25) is 9.59 Å². The molecule has 1 aromatic heterocycles. The third kappa shape index (κ3) is 3.98. The average Bonchev–Trinajstić information content (AvgIpc) is 2.83. The molecule has 0 bridgehead atoms. The maximum Gasteiger partial charge on any atom is 0.270 e. The summed E-state index contributed by atoms with van der Waals surface area (Å²) in [7, 11) is 0. The number of carbonyl (C=O) groups excluding carboxylic acids is 2. The molecule has 3 N–H and O–H groups in total. The molecule has 1 aliphatic heterocycles. The number of hydrogen-bond donors (Lipinski definition) is 3. The Labute approximate surface area is 157 Å². The smallest absolute Gasteiger partial charge is 0.270 e. The monoisotopic (exact) mass is 375 g/mol. The highest BCUT2D eigenvalue weighted by Crippen LogP contribution is 2.24. The molecule has 1 fully saturated rings. The summed E-state index contributed by atoms with van der Waals surface area (Å²) in [4.78, 5) is 29.7. The number of fused-ring (bicyclic) bond motifs is 1. The van der Waals surface area contributed by atoms with Crippen molar-refractivity contribution in [2.24, 2.45) is 5.92 Å². The Bertz CT molecular complexity index is 862. The average molecular weight is 375 g/mol. The van der Waals surface area contributed by atoms with E-state index in [0.29, 0.717) is 48.1 Å². The number of aliphatic hydroxyl groups is 1. The molecule has 0 unspecified atom stereocenters. The number of hydrogen-bond acceptors (Lipinski definition) is 3.